The molecule has 0 radical (unpaired) electrons. The summed E-state index contributed by atoms with van der Waals surface area (Å²) in [7, 11) is 0. The summed E-state index contributed by atoms with van der Waals surface area (Å²) in [5, 5.41) is 0.392. The molecule has 0 saturated heterocycles. The Labute approximate surface area is 110 Å². The lowest BCUT2D eigenvalue weighted by Gasteiger charge is -2.25. The second-order valence-electron chi connectivity index (χ2n) is 4.12. The Balaban J connectivity index is 2.98. The van der Waals surface area contributed by atoms with E-state index in [4.69, 9.17) is 17.3 Å². The molecule has 0 aliphatic heterocycles. The molecular weight excluding hydrogens is 265 g/mol. The van der Waals surface area contributed by atoms with Gasteiger partial charge >= 0.3 is 6.18 Å². The van der Waals surface area contributed by atoms with Gasteiger partial charge in [0.25, 0.3) is 0 Å². The van der Waals surface area contributed by atoms with Crippen molar-refractivity contribution >= 4 is 17.3 Å². The summed E-state index contributed by atoms with van der Waals surface area (Å²) >= 11 is 6.01. The van der Waals surface area contributed by atoms with Crippen molar-refractivity contribution in [3.05, 3.63) is 28.8 Å². The quantitative estimate of drug-likeness (QED) is 0.910. The van der Waals surface area contributed by atoms with Crippen LogP contribution in [0.15, 0.2) is 18.2 Å². The summed E-state index contributed by atoms with van der Waals surface area (Å²) in [6.45, 7) is 2.71. The molecule has 18 heavy (non-hydrogen) atoms. The van der Waals surface area contributed by atoms with Gasteiger partial charge in [0.15, 0.2) is 0 Å². The molecule has 0 fully saturated rings. The van der Waals surface area contributed by atoms with Crippen LogP contribution in [0.1, 0.15) is 25.5 Å². The van der Waals surface area contributed by atoms with Gasteiger partial charge in [-0.25, -0.2) is 0 Å². The third-order valence-corrected chi connectivity index (χ3v) is 2.92. The number of alkyl halides is 3. The summed E-state index contributed by atoms with van der Waals surface area (Å²) in [6, 6.07) is 4.56. The van der Waals surface area contributed by atoms with Gasteiger partial charge in [0.2, 0.25) is 0 Å². The van der Waals surface area contributed by atoms with Crippen LogP contribution in [0.3, 0.4) is 0 Å². The molecule has 0 aliphatic rings. The molecule has 1 aromatic carbocycles. The van der Waals surface area contributed by atoms with Crippen LogP contribution in [0, 0.1) is 0 Å². The fraction of sp³-hybridized carbons (Fsp3) is 0.500. The Hall–Kier alpha value is -0.940. The van der Waals surface area contributed by atoms with Crippen molar-refractivity contribution in [2.75, 3.05) is 18.0 Å². The highest BCUT2D eigenvalue weighted by Crippen LogP contribution is 2.28. The lowest BCUT2D eigenvalue weighted by molar-refractivity contribution is -0.119. The first-order valence-corrected chi connectivity index (χ1v) is 5.99. The zero-order valence-corrected chi connectivity index (χ0v) is 11.0. The standard InChI is InChI=1S/C12H16ClF3N2/c1-3-18(7-12(14,15)16)9-4-5-10(8(2)17)11(13)6-9/h4-6,8H,3,7,17H2,1-2H3. The third-order valence-electron chi connectivity index (χ3n) is 2.59. The molecule has 0 saturated carbocycles. The number of anilines is 1. The van der Waals surface area contributed by atoms with Crippen LogP contribution in [-0.4, -0.2) is 19.3 Å². The zero-order valence-electron chi connectivity index (χ0n) is 10.3. The van der Waals surface area contributed by atoms with Gasteiger partial charge < -0.3 is 10.6 Å². The van der Waals surface area contributed by atoms with Crippen LogP contribution in [0.25, 0.3) is 0 Å². The fourth-order valence-corrected chi connectivity index (χ4v) is 2.03. The smallest absolute Gasteiger partial charge is 0.363 e. The van der Waals surface area contributed by atoms with Crippen LogP contribution >= 0.6 is 11.6 Å². The molecule has 2 N–H and O–H groups in total. The van der Waals surface area contributed by atoms with Gasteiger partial charge in [-0.2, -0.15) is 13.2 Å². The maximum atomic E-state index is 12.4. The molecule has 1 aromatic rings. The predicted octanol–water partition coefficient (Wildman–Crippen LogP) is 3.75. The van der Waals surface area contributed by atoms with Gasteiger partial charge in [0.05, 0.1) is 0 Å². The van der Waals surface area contributed by atoms with E-state index in [1.807, 2.05) is 0 Å². The molecule has 2 nitrogen and oxygen atoms in total. The van der Waals surface area contributed by atoms with Gasteiger partial charge in [0, 0.05) is 23.3 Å². The van der Waals surface area contributed by atoms with Crippen molar-refractivity contribution in [3.8, 4) is 0 Å². The predicted molar refractivity (Wildman–Crippen MR) is 68.0 cm³/mol. The minimum Gasteiger partial charge on any atom is -0.363 e. The number of nitrogens with two attached hydrogens (primary N) is 1. The highest BCUT2D eigenvalue weighted by molar-refractivity contribution is 6.31. The highest BCUT2D eigenvalue weighted by Gasteiger charge is 2.30. The lowest BCUT2D eigenvalue weighted by Crippen LogP contribution is -2.34. The molecule has 0 spiro atoms. The summed E-state index contributed by atoms with van der Waals surface area (Å²) in [5.74, 6) is 0. The first-order valence-electron chi connectivity index (χ1n) is 5.61. The second kappa shape index (κ2) is 5.80. The molecule has 102 valence electrons. The maximum absolute atomic E-state index is 12.4. The average molecular weight is 281 g/mol. The summed E-state index contributed by atoms with van der Waals surface area (Å²) < 4.78 is 37.2. The van der Waals surface area contributed by atoms with Crippen LogP contribution in [0.2, 0.25) is 5.02 Å². The van der Waals surface area contributed by atoms with Gasteiger partial charge in [-0.05, 0) is 31.5 Å². The van der Waals surface area contributed by atoms with E-state index in [0.717, 1.165) is 5.56 Å². The van der Waals surface area contributed by atoms with E-state index in [9.17, 15) is 13.2 Å². The number of hydrogen-bond acceptors (Lipinski definition) is 2. The minimum absolute atomic E-state index is 0.246. The summed E-state index contributed by atoms with van der Waals surface area (Å²) in [5.41, 5.74) is 6.87. The van der Waals surface area contributed by atoms with E-state index in [-0.39, 0.29) is 12.6 Å². The Morgan fingerprint density at radius 1 is 1.39 bits per heavy atom. The Morgan fingerprint density at radius 2 is 2.00 bits per heavy atom. The SMILES string of the molecule is CCN(CC(F)(F)F)c1ccc(C(C)N)c(Cl)c1. The highest BCUT2D eigenvalue weighted by atomic mass is 35.5. The molecule has 6 heteroatoms. The van der Waals surface area contributed by atoms with E-state index in [2.05, 4.69) is 0 Å². The van der Waals surface area contributed by atoms with Crippen LogP contribution in [-0.2, 0) is 0 Å². The molecule has 0 aliphatic carbocycles. The summed E-state index contributed by atoms with van der Waals surface area (Å²) in [6.07, 6.45) is -4.23. The fourth-order valence-electron chi connectivity index (χ4n) is 1.68. The maximum Gasteiger partial charge on any atom is 0.405 e. The molecular formula is C12H16ClF3N2. The molecule has 1 unspecified atom stereocenters. The summed E-state index contributed by atoms with van der Waals surface area (Å²) in [4.78, 5) is 1.22. The van der Waals surface area contributed by atoms with Gasteiger partial charge in [-0.3, -0.25) is 0 Å². The van der Waals surface area contributed by atoms with E-state index in [1.165, 1.54) is 11.0 Å². The Kier molecular flexibility index (Phi) is 4.87. The molecule has 1 atom stereocenters. The minimum atomic E-state index is -4.23. The van der Waals surface area contributed by atoms with Gasteiger partial charge in [0.1, 0.15) is 6.54 Å². The number of benzene rings is 1. The third kappa shape index (κ3) is 4.07. The molecule has 1 rings (SSSR count). The first kappa shape index (κ1) is 15.1. The normalized spacial score (nSPS) is 13.5. The lowest BCUT2D eigenvalue weighted by atomic mass is 10.1. The zero-order chi connectivity index (χ0) is 13.9. The number of hydrogen-bond donors (Lipinski definition) is 1. The average Bonchev–Trinajstić information content (AvgIpc) is 2.24. The van der Waals surface area contributed by atoms with E-state index in [0.29, 0.717) is 10.7 Å². The molecule has 0 heterocycles. The van der Waals surface area contributed by atoms with Gasteiger partial charge in [-0.15, -0.1) is 0 Å². The Morgan fingerprint density at radius 3 is 2.39 bits per heavy atom. The largest absolute Gasteiger partial charge is 0.405 e. The number of nitrogens with zero attached hydrogens (tertiary/aromatic N) is 1. The van der Waals surface area contributed by atoms with Crippen molar-refractivity contribution in [1.29, 1.82) is 0 Å². The monoisotopic (exact) mass is 280 g/mol. The molecule has 0 bridgehead atoms. The van der Waals surface area contributed by atoms with Crippen molar-refractivity contribution in [3.63, 3.8) is 0 Å². The van der Waals surface area contributed by atoms with Crippen LogP contribution in [0.4, 0.5) is 18.9 Å². The number of halogens is 4. The van der Waals surface area contributed by atoms with Crippen LogP contribution < -0.4 is 10.6 Å². The van der Waals surface area contributed by atoms with Crippen molar-refractivity contribution < 1.29 is 13.2 Å². The van der Waals surface area contributed by atoms with Gasteiger partial charge in [-0.1, -0.05) is 17.7 Å². The van der Waals surface area contributed by atoms with Crippen molar-refractivity contribution in [1.82, 2.24) is 0 Å². The van der Waals surface area contributed by atoms with Crippen LogP contribution in [0.5, 0.6) is 0 Å². The van der Waals surface area contributed by atoms with Crippen molar-refractivity contribution in [2.24, 2.45) is 5.73 Å². The second-order valence-corrected chi connectivity index (χ2v) is 4.53. The van der Waals surface area contributed by atoms with E-state index >= 15 is 0 Å². The topological polar surface area (TPSA) is 29.3 Å². The van der Waals surface area contributed by atoms with E-state index < -0.39 is 12.7 Å². The number of rotatable bonds is 4. The molecule has 0 amide bonds. The van der Waals surface area contributed by atoms with Crippen molar-refractivity contribution in [2.45, 2.75) is 26.1 Å². The van der Waals surface area contributed by atoms with E-state index in [1.54, 1.807) is 26.0 Å². The molecule has 0 aromatic heterocycles. The Bertz CT molecular complexity index is 405. The first-order chi connectivity index (χ1) is 8.24.